The van der Waals surface area contributed by atoms with Crippen molar-refractivity contribution >= 4 is 87.1 Å². The molecule has 5 aromatic rings. The normalized spacial score (nSPS) is 12.3. The highest BCUT2D eigenvalue weighted by Crippen LogP contribution is 2.33. The zero-order valence-electron chi connectivity index (χ0n) is 16.8. The third kappa shape index (κ3) is 4.32. The zero-order chi connectivity index (χ0) is 24.1. The van der Waals surface area contributed by atoms with Crippen LogP contribution in [0.15, 0.2) is 81.1 Å². The summed E-state index contributed by atoms with van der Waals surface area (Å²) in [4.78, 5) is 3.97. The van der Waals surface area contributed by atoms with Crippen molar-refractivity contribution < 1.29 is 21.3 Å². The van der Waals surface area contributed by atoms with Crippen molar-refractivity contribution in [3.8, 4) is 0 Å². The minimum absolute atomic E-state index is 0.0109. The first-order valence-corrected chi connectivity index (χ1v) is 14.0. The average molecular weight is 554 g/mol. The Morgan fingerprint density at radius 2 is 1.62 bits per heavy atom. The number of hydrogen-bond acceptors (Lipinski definition) is 7. The van der Waals surface area contributed by atoms with Gasteiger partial charge in [0, 0.05) is 10.4 Å². The molecule has 0 aliphatic carbocycles. The lowest BCUT2D eigenvalue weighted by Gasteiger charge is -2.15. The lowest BCUT2D eigenvalue weighted by molar-refractivity contribution is 0.587. The molecular formula is C21H13Cl2N3O5S3. The predicted octanol–water partition coefficient (Wildman–Crippen LogP) is 5.95. The summed E-state index contributed by atoms with van der Waals surface area (Å²) in [6.07, 6.45) is 1.12. The van der Waals surface area contributed by atoms with Gasteiger partial charge in [-0.05, 0) is 48.5 Å². The van der Waals surface area contributed by atoms with Crippen LogP contribution in [-0.2, 0) is 20.0 Å². The van der Waals surface area contributed by atoms with Gasteiger partial charge in [0.2, 0.25) is 0 Å². The first-order valence-electron chi connectivity index (χ1n) is 9.50. The van der Waals surface area contributed by atoms with Gasteiger partial charge in [-0.25, -0.2) is 21.8 Å². The van der Waals surface area contributed by atoms with Gasteiger partial charge in [-0.3, -0.25) is 9.44 Å². The summed E-state index contributed by atoms with van der Waals surface area (Å²) in [7, 11) is -8.23. The van der Waals surface area contributed by atoms with E-state index in [1.807, 2.05) is 0 Å². The summed E-state index contributed by atoms with van der Waals surface area (Å²) >= 11 is 13.1. The molecule has 8 nitrogen and oxygen atoms in total. The molecule has 0 spiro atoms. The smallest absolute Gasteiger partial charge is 0.265 e. The molecule has 0 aliphatic rings. The van der Waals surface area contributed by atoms with Crippen LogP contribution in [-0.4, -0.2) is 21.8 Å². The summed E-state index contributed by atoms with van der Waals surface area (Å²) in [5.74, 6) is 0. The van der Waals surface area contributed by atoms with E-state index < -0.39 is 20.0 Å². The van der Waals surface area contributed by atoms with Gasteiger partial charge in [-0.2, -0.15) is 0 Å². The molecule has 34 heavy (non-hydrogen) atoms. The topological polar surface area (TPSA) is 118 Å². The number of nitrogens with zero attached hydrogens (tertiary/aromatic N) is 1. The van der Waals surface area contributed by atoms with Crippen LogP contribution in [0.3, 0.4) is 0 Å². The first-order chi connectivity index (χ1) is 16.1. The Morgan fingerprint density at radius 3 is 2.44 bits per heavy atom. The number of aromatic nitrogens is 1. The molecule has 2 N–H and O–H groups in total. The minimum Gasteiger partial charge on any atom is -0.463 e. The second-order valence-electron chi connectivity index (χ2n) is 7.09. The minimum atomic E-state index is -4.14. The highest BCUT2D eigenvalue weighted by Gasteiger charge is 2.24. The second-order valence-corrected chi connectivity index (χ2v) is 12.5. The quantitative estimate of drug-likeness (QED) is 0.268. The Bertz CT molecular complexity index is 1780. The Balaban J connectivity index is 1.51. The molecule has 0 saturated carbocycles. The van der Waals surface area contributed by atoms with Crippen LogP contribution in [0.25, 0.3) is 21.2 Å². The van der Waals surface area contributed by atoms with Crippen LogP contribution in [0.1, 0.15) is 0 Å². The Morgan fingerprint density at radius 1 is 0.853 bits per heavy atom. The standard InChI is InChI=1S/C21H13Cl2N3O5S3/c22-12-5-7-15(25-33(27,28)13-6-8-16-19(10-13)32-21(23)24-16)17(9-12)26-34(29,30)20-11-31-18-4-2-1-3-14(18)20/h1-11,25-26H. The molecule has 3 aromatic carbocycles. The largest absolute Gasteiger partial charge is 0.463 e. The van der Waals surface area contributed by atoms with Crippen molar-refractivity contribution in [3.05, 3.63) is 76.4 Å². The number of furan rings is 1. The number of fused-ring (bicyclic) bond motifs is 2. The van der Waals surface area contributed by atoms with Gasteiger partial charge in [-0.1, -0.05) is 35.3 Å². The van der Waals surface area contributed by atoms with Gasteiger partial charge in [0.05, 0.1) is 26.5 Å². The van der Waals surface area contributed by atoms with Gasteiger partial charge in [0.25, 0.3) is 20.0 Å². The molecule has 0 atom stereocenters. The van der Waals surface area contributed by atoms with Crippen LogP contribution >= 0.6 is 34.5 Å². The fourth-order valence-corrected chi connectivity index (χ4v) is 6.92. The number of rotatable bonds is 6. The number of anilines is 2. The van der Waals surface area contributed by atoms with Crippen molar-refractivity contribution in [1.82, 2.24) is 4.98 Å². The van der Waals surface area contributed by atoms with Gasteiger partial charge < -0.3 is 4.42 Å². The number of hydrogen-bond donors (Lipinski definition) is 2. The number of thiazole rings is 1. The maximum atomic E-state index is 13.1. The SMILES string of the molecule is O=S(=O)(Nc1ccc(Cl)cc1NS(=O)(=O)c1coc2ccccc12)c1ccc2nc(Cl)sc2c1. The fraction of sp³-hybridized carbons (Fsp3) is 0. The Kier molecular flexibility index (Phi) is 5.69. The fourth-order valence-electron chi connectivity index (χ4n) is 3.30. The van der Waals surface area contributed by atoms with Crippen molar-refractivity contribution in [2.24, 2.45) is 0 Å². The molecule has 0 bridgehead atoms. The molecule has 13 heteroatoms. The third-order valence-corrected chi connectivity index (χ3v) is 8.95. The van der Waals surface area contributed by atoms with E-state index in [0.717, 1.165) is 17.6 Å². The van der Waals surface area contributed by atoms with Crippen LogP contribution in [0, 0.1) is 0 Å². The maximum absolute atomic E-state index is 13.1. The Labute approximate surface area is 208 Å². The lowest BCUT2D eigenvalue weighted by atomic mass is 10.3. The molecular weight excluding hydrogens is 541 g/mol. The van der Waals surface area contributed by atoms with Gasteiger partial charge in [-0.15, -0.1) is 11.3 Å². The molecule has 0 unspecified atom stereocenters. The summed E-state index contributed by atoms with van der Waals surface area (Å²) in [6, 6.07) is 15.1. The van der Waals surface area contributed by atoms with E-state index in [-0.39, 0.29) is 26.2 Å². The molecule has 2 aromatic heterocycles. The molecule has 0 amide bonds. The van der Waals surface area contributed by atoms with Crippen LogP contribution in [0.2, 0.25) is 9.49 Å². The van der Waals surface area contributed by atoms with E-state index in [1.54, 1.807) is 30.3 Å². The highest BCUT2D eigenvalue weighted by molar-refractivity contribution is 7.93. The summed E-state index contributed by atoms with van der Waals surface area (Å²) in [5, 5.41) is 0.592. The van der Waals surface area contributed by atoms with Crippen LogP contribution < -0.4 is 9.44 Å². The van der Waals surface area contributed by atoms with E-state index in [9.17, 15) is 16.8 Å². The molecule has 5 rings (SSSR count). The molecule has 0 aliphatic heterocycles. The summed E-state index contributed by atoms with van der Waals surface area (Å²) in [6.45, 7) is 0. The van der Waals surface area contributed by atoms with Gasteiger partial charge in [0.1, 0.15) is 16.7 Å². The second kappa shape index (κ2) is 8.43. The molecule has 0 fully saturated rings. The van der Waals surface area contributed by atoms with E-state index in [4.69, 9.17) is 27.6 Å². The number of nitrogens with one attached hydrogen (secondary N) is 2. The number of halogens is 2. The van der Waals surface area contributed by atoms with Gasteiger partial charge >= 0.3 is 0 Å². The van der Waals surface area contributed by atoms with Crippen molar-refractivity contribution in [3.63, 3.8) is 0 Å². The Hall–Kier alpha value is -2.83. The monoisotopic (exact) mass is 553 g/mol. The van der Waals surface area contributed by atoms with E-state index >= 15 is 0 Å². The van der Waals surface area contributed by atoms with Crippen molar-refractivity contribution in [1.29, 1.82) is 0 Å². The molecule has 0 saturated heterocycles. The molecule has 2 heterocycles. The van der Waals surface area contributed by atoms with Crippen LogP contribution in [0.4, 0.5) is 11.4 Å². The summed E-state index contributed by atoms with van der Waals surface area (Å²) in [5.41, 5.74) is 0.904. The zero-order valence-corrected chi connectivity index (χ0v) is 20.8. The summed E-state index contributed by atoms with van der Waals surface area (Å²) < 4.78 is 63.4. The number of para-hydroxylation sites is 1. The molecule has 0 radical (unpaired) electrons. The number of sulfonamides is 2. The highest BCUT2D eigenvalue weighted by atomic mass is 35.5. The van der Waals surface area contributed by atoms with Gasteiger partial charge in [0.15, 0.2) is 4.47 Å². The third-order valence-electron chi connectivity index (χ3n) is 4.85. The maximum Gasteiger partial charge on any atom is 0.265 e. The van der Waals surface area contributed by atoms with Crippen molar-refractivity contribution in [2.45, 2.75) is 9.79 Å². The van der Waals surface area contributed by atoms with E-state index in [0.29, 0.717) is 25.7 Å². The average Bonchev–Trinajstić information content (AvgIpc) is 3.37. The number of benzene rings is 3. The molecule has 174 valence electrons. The van der Waals surface area contributed by atoms with E-state index in [2.05, 4.69) is 14.4 Å². The van der Waals surface area contributed by atoms with Crippen molar-refractivity contribution in [2.75, 3.05) is 9.44 Å². The van der Waals surface area contributed by atoms with E-state index in [1.165, 1.54) is 30.3 Å². The first kappa shape index (κ1) is 22.9. The predicted molar refractivity (Wildman–Crippen MR) is 134 cm³/mol. The lowest BCUT2D eigenvalue weighted by Crippen LogP contribution is -2.17. The van der Waals surface area contributed by atoms with Crippen LogP contribution in [0.5, 0.6) is 0 Å².